The number of H-pyrrole nitrogens is 1. The molecule has 1 fully saturated rings. The Labute approximate surface area is 168 Å². The van der Waals surface area contributed by atoms with Crippen molar-refractivity contribution in [2.24, 2.45) is 11.7 Å². The van der Waals surface area contributed by atoms with Crippen LogP contribution < -0.4 is 21.5 Å². The smallest absolute Gasteiger partial charge is 0.247 e. The van der Waals surface area contributed by atoms with Gasteiger partial charge >= 0.3 is 0 Å². The Morgan fingerprint density at radius 2 is 1.86 bits per heavy atom. The second-order valence-electron chi connectivity index (χ2n) is 7.42. The summed E-state index contributed by atoms with van der Waals surface area (Å²) in [5.74, 6) is 0.676. The summed E-state index contributed by atoms with van der Waals surface area (Å²) >= 11 is 0. The Balaban J connectivity index is 1.30. The zero-order valence-electron chi connectivity index (χ0n) is 16.1. The maximum atomic E-state index is 12.3. The normalized spacial score (nSPS) is 19.2. The average molecular weight is 395 g/mol. The summed E-state index contributed by atoms with van der Waals surface area (Å²) in [7, 11) is 0. The zero-order chi connectivity index (χ0) is 20.2. The number of nitrogens with zero attached hydrogens (tertiary/aromatic N) is 3. The third kappa shape index (κ3) is 4.62. The number of benzene rings is 1. The van der Waals surface area contributed by atoms with E-state index in [1.54, 1.807) is 0 Å². The number of hydrogen-bond acceptors (Lipinski definition) is 7. The van der Waals surface area contributed by atoms with Crippen molar-refractivity contribution in [3.8, 4) is 5.88 Å². The number of carbonyl (C=O) groups is 1. The highest BCUT2D eigenvalue weighted by Crippen LogP contribution is 2.23. The SMILES string of the molecule is Nc1nc(OCc2ccc(CNC(=O)[C@H]3CC[C@@H](N)CC3)cc2)c2nc[nH]c2n1. The fourth-order valence-electron chi connectivity index (χ4n) is 3.55. The molecule has 4 rings (SSSR count). The Morgan fingerprint density at radius 3 is 2.62 bits per heavy atom. The molecule has 0 saturated heterocycles. The topological polar surface area (TPSA) is 145 Å². The molecule has 6 N–H and O–H groups in total. The molecule has 0 atom stereocenters. The maximum absolute atomic E-state index is 12.3. The van der Waals surface area contributed by atoms with Gasteiger partial charge in [0.1, 0.15) is 6.61 Å². The first kappa shape index (κ1) is 19.1. The lowest BCUT2D eigenvalue weighted by molar-refractivity contribution is -0.126. The van der Waals surface area contributed by atoms with Crippen LogP contribution in [-0.4, -0.2) is 31.9 Å². The van der Waals surface area contributed by atoms with E-state index in [1.165, 1.54) is 6.33 Å². The number of hydrogen-bond donors (Lipinski definition) is 4. The van der Waals surface area contributed by atoms with Gasteiger partial charge in [-0.05, 0) is 36.8 Å². The number of imidazole rings is 1. The molecule has 2 aromatic heterocycles. The quantitative estimate of drug-likeness (QED) is 0.496. The van der Waals surface area contributed by atoms with Crippen LogP contribution in [0, 0.1) is 5.92 Å². The molecule has 29 heavy (non-hydrogen) atoms. The number of nitrogens with one attached hydrogen (secondary N) is 2. The lowest BCUT2D eigenvalue weighted by Crippen LogP contribution is -2.35. The van der Waals surface area contributed by atoms with Crippen LogP contribution in [-0.2, 0) is 17.9 Å². The molecule has 1 aliphatic rings. The molecule has 1 aromatic carbocycles. The van der Waals surface area contributed by atoms with Crippen molar-refractivity contribution in [1.29, 1.82) is 0 Å². The molecule has 0 radical (unpaired) electrons. The number of ether oxygens (including phenoxy) is 1. The van der Waals surface area contributed by atoms with E-state index in [-0.39, 0.29) is 23.8 Å². The van der Waals surface area contributed by atoms with Crippen LogP contribution in [0.15, 0.2) is 30.6 Å². The van der Waals surface area contributed by atoms with Crippen LogP contribution >= 0.6 is 0 Å². The molecular formula is C20H25N7O2. The molecule has 0 spiro atoms. The molecule has 2 heterocycles. The Bertz CT molecular complexity index is 978. The van der Waals surface area contributed by atoms with E-state index in [4.69, 9.17) is 16.2 Å². The minimum absolute atomic E-state index is 0.0849. The van der Waals surface area contributed by atoms with E-state index < -0.39 is 0 Å². The average Bonchev–Trinajstić information content (AvgIpc) is 3.20. The monoisotopic (exact) mass is 395 g/mol. The van der Waals surface area contributed by atoms with Crippen molar-refractivity contribution < 1.29 is 9.53 Å². The molecule has 0 unspecified atom stereocenters. The Kier molecular flexibility index (Phi) is 5.57. The lowest BCUT2D eigenvalue weighted by Gasteiger charge is -2.25. The summed E-state index contributed by atoms with van der Waals surface area (Å²) in [6, 6.07) is 8.14. The van der Waals surface area contributed by atoms with Crippen molar-refractivity contribution in [3.63, 3.8) is 0 Å². The largest absolute Gasteiger partial charge is 0.471 e. The van der Waals surface area contributed by atoms with Gasteiger partial charge < -0.3 is 26.5 Å². The van der Waals surface area contributed by atoms with Gasteiger partial charge in [0.15, 0.2) is 11.2 Å². The van der Waals surface area contributed by atoms with Crippen molar-refractivity contribution in [3.05, 3.63) is 41.7 Å². The van der Waals surface area contributed by atoms with Crippen LogP contribution in [0.4, 0.5) is 5.95 Å². The molecular weight excluding hydrogens is 370 g/mol. The predicted octanol–water partition coefficient (Wildman–Crippen LogP) is 1.65. The first-order valence-electron chi connectivity index (χ1n) is 9.79. The fourth-order valence-corrected chi connectivity index (χ4v) is 3.55. The Morgan fingerprint density at radius 1 is 1.14 bits per heavy atom. The molecule has 9 nitrogen and oxygen atoms in total. The van der Waals surface area contributed by atoms with Gasteiger partial charge in [0, 0.05) is 18.5 Å². The fraction of sp³-hybridized carbons (Fsp3) is 0.400. The third-order valence-electron chi connectivity index (χ3n) is 5.27. The standard InChI is InChI=1S/C20H25N7O2/c21-15-7-5-14(6-8-15)18(28)23-9-12-1-3-13(4-2-12)10-29-19-16-17(25-11-24-16)26-20(22)27-19/h1-4,11,14-15H,5-10,21H2,(H,23,28)(H3,22,24,25,26,27)/t14-,15+. The number of aromatic amines is 1. The number of nitrogens with two attached hydrogens (primary N) is 2. The number of amides is 1. The minimum atomic E-state index is 0.0849. The van der Waals surface area contributed by atoms with Gasteiger partial charge in [-0.1, -0.05) is 24.3 Å². The van der Waals surface area contributed by atoms with Crippen molar-refractivity contribution in [2.75, 3.05) is 5.73 Å². The van der Waals surface area contributed by atoms with Gasteiger partial charge in [0.05, 0.1) is 6.33 Å². The van der Waals surface area contributed by atoms with Gasteiger partial charge in [-0.2, -0.15) is 9.97 Å². The first-order valence-corrected chi connectivity index (χ1v) is 9.79. The molecule has 1 aliphatic carbocycles. The highest BCUT2D eigenvalue weighted by atomic mass is 16.5. The van der Waals surface area contributed by atoms with Crippen molar-refractivity contribution in [1.82, 2.24) is 25.3 Å². The van der Waals surface area contributed by atoms with Gasteiger partial charge in [-0.25, -0.2) is 4.98 Å². The van der Waals surface area contributed by atoms with Crippen LogP contribution in [0.5, 0.6) is 5.88 Å². The van der Waals surface area contributed by atoms with Gasteiger partial charge in [-0.3, -0.25) is 4.79 Å². The van der Waals surface area contributed by atoms with E-state index >= 15 is 0 Å². The number of aromatic nitrogens is 4. The molecule has 1 amide bonds. The lowest BCUT2D eigenvalue weighted by atomic mass is 9.86. The molecule has 3 aromatic rings. The van der Waals surface area contributed by atoms with Gasteiger partial charge in [0.2, 0.25) is 17.7 Å². The summed E-state index contributed by atoms with van der Waals surface area (Å²) in [5, 5.41) is 3.03. The number of anilines is 1. The van der Waals surface area contributed by atoms with Crippen molar-refractivity contribution in [2.45, 2.75) is 44.9 Å². The highest BCUT2D eigenvalue weighted by molar-refractivity contribution is 5.78. The zero-order valence-corrected chi connectivity index (χ0v) is 16.1. The third-order valence-corrected chi connectivity index (χ3v) is 5.27. The summed E-state index contributed by atoms with van der Waals surface area (Å²) < 4.78 is 5.78. The number of fused-ring (bicyclic) bond motifs is 1. The maximum Gasteiger partial charge on any atom is 0.247 e. The van der Waals surface area contributed by atoms with E-state index in [2.05, 4.69) is 25.3 Å². The number of nitrogen functional groups attached to an aromatic ring is 1. The van der Waals surface area contributed by atoms with Crippen molar-refractivity contribution >= 4 is 23.0 Å². The first-order chi connectivity index (χ1) is 14.1. The van der Waals surface area contributed by atoms with Crippen LogP contribution in [0.1, 0.15) is 36.8 Å². The predicted molar refractivity (Wildman–Crippen MR) is 109 cm³/mol. The summed E-state index contributed by atoms with van der Waals surface area (Å²) in [6.45, 7) is 0.840. The summed E-state index contributed by atoms with van der Waals surface area (Å²) in [4.78, 5) is 27.5. The molecule has 1 saturated carbocycles. The summed E-state index contributed by atoms with van der Waals surface area (Å²) in [6.07, 6.45) is 5.13. The van der Waals surface area contributed by atoms with E-state index in [1.807, 2.05) is 24.3 Å². The van der Waals surface area contributed by atoms with Crippen LogP contribution in [0.2, 0.25) is 0 Å². The van der Waals surface area contributed by atoms with E-state index in [0.717, 1.165) is 36.8 Å². The van der Waals surface area contributed by atoms with E-state index in [0.29, 0.717) is 30.2 Å². The number of rotatable bonds is 6. The summed E-state index contributed by atoms with van der Waals surface area (Å²) in [5.41, 5.74) is 14.7. The van der Waals surface area contributed by atoms with Crippen LogP contribution in [0.3, 0.4) is 0 Å². The molecule has 152 valence electrons. The molecule has 9 heteroatoms. The molecule has 0 aliphatic heterocycles. The van der Waals surface area contributed by atoms with Crippen LogP contribution in [0.25, 0.3) is 11.2 Å². The Hall–Kier alpha value is -3.20. The minimum Gasteiger partial charge on any atom is -0.471 e. The molecule has 0 bridgehead atoms. The van der Waals surface area contributed by atoms with Gasteiger partial charge in [0.25, 0.3) is 0 Å². The highest BCUT2D eigenvalue weighted by Gasteiger charge is 2.24. The second-order valence-corrected chi connectivity index (χ2v) is 7.42. The second kappa shape index (κ2) is 8.44. The van der Waals surface area contributed by atoms with E-state index in [9.17, 15) is 4.79 Å². The number of carbonyl (C=O) groups excluding carboxylic acids is 1. The van der Waals surface area contributed by atoms with Gasteiger partial charge in [-0.15, -0.1) is 0 Å².